The molecule has 1 saturated heterocycles. The number of rotatable bonds is 7. The maximum atomic E-state index is 12.6. The molecule has 0 bridgehead atoms. The van der Waals surface area contributed by atoms with E-state index in [2.05, 4.69) is 0 Å². The molecule has 0 aromatic heterocycles. The number of carboxylic acids is 1. The molecule has 6 nitrogen and oxygen atoms in total. The Kier molecular flexibility index (Phi) is 6.64. The molecule has 1 heterocycles. The molecule has 0 spiro atoms. The standard InChI is InChI=1S/C16H27NO5/c1-21-7-8-22-11-12-5-6-17(10-12)15(18)13-3-2-4-14(9-13)16(19)20/h12-14H,2-11H2,1H3,(H,19,20). The molecule has 2 rings (SSSR count). The fourth-order valence-corrected chi connectivity index (χ4v) is 3.46. The lowest BCUT2D eigenvalue weighted by atomic mass is 9.81. The van der Waals surface area contributed by atoms with Crippen LogP contribution >= 0.6 is 0 Å². The van der Waals surface area contributed by atoms with Crippen LogP contribution in [0, 0.1) is 17.8 Å². The van der Waals surface area contributed by atoms with Crippen LogP contribution < -0.4 is 0 Å². The van der Waals surface area contributed by atoms with Gasteiger partial charge in [-0.2, -0.15) is 0 Å². The first-order valence-electron chi connectivity index (χ1n) is 8.20. The van der Waals surface area contributed by atoms with Gasteiger partial charge in [-0.1, -0.05) is 6.42 Å². The predicted molar refractivity (Wildman–Crippen MR) is 80.5 cm³/mol. The zero-order chi connectivity index (χ0) is 15.9. The molecule has 1 saturated carbocycles. The van der Waals surface area contributed by atoms with Crippen molar-refractivity contribution in [2.45, 2.75) is 32.1 Å². The smallest absolute Gasteiger partial charge is 0.306 e. The monoisotopic (exact) mass is 313 g/mol. The third kappa shape index (κ3) is 4.68. The maximum absolute atomic E-state index is 12.6. The van der Waals surface area contributed by atoms with Crippen molar-refractivity contribution < 1.29 is 24.2 Å². The fraction of sp³-hybridized carbons (Fsp3) is 0.875. The van der Waals surface area contributed by atoms with Gasteiger partial charge < -0.3 is 19.5 Å². The average Bonchev–Trinajstić information content (AvgIpc) is 3.00. The van der Waals surface area contributed by atoms with Gasteiger partial charge in [-0.05, 0) is 25.7 Å². The van der Waals surface area contributed by atoms with Crippen LogP contribution in [0.25, 0.3) is 0 Å². The number of hydrogen-bond acceptors (Lipinski definition) is 4. The average molecular weight is 313 g/mol. The highest BCUT2D eigenvalue weighted by Crippen LogP contribution is 2.32. The first-order chi connectivity index (χ1) is 10.6. The van der Waals surface area contributed by atoms with Crippen LogP contribution in [0.15, 0.2) is 0 Å². The number of hydrogen-bond donors (Lipinski definition) is 1. The topological polar surface area (TPSA) is 76.1 Å². The minimum atomic E-state index is -0.761. The molecular formula is C16H27NO5. The number of ether oxygens (including phenoxy) is 2. The van der Waals surface area contributed by atoms with Crippen LogP contribution in [-0.4, -0.2) is 61.9 Å². The minimum absolute atomic E-state index is 0.108. The Morgan fingerprint density at radius 2 is 1.95 bits per heavy atom. The Labute approximate surface area is 131 Å². The van der Waals surface area contributed by atoms with Crippen LogP contribution in [0.2, 0.25) is 0 Å². The molecule has 2 fully saturated rings. The van der Waals surface area contributed by atoms with Gasteiger partial charge in [0.2, 0.25) is 5.91 Å². The van der Waals surface area contributed by atoms with E-state index in [0.29, 0.717) is 38.6 Å². The Morgan fingerprint density at radius 1 is 1.18 bits per heavy atom. The lowest BCUT2D eigenvalue weighted by molar-refractivity contribution is -0.145. The first kappa shape index (κ1) is 17.2. The van der Waals surface area contributed by atoms with Crippen molar-refractivity contribution >= 4 is 11.9 Å². The third-order valence-corrected chi connectivity index (χ3v) is 4.76. The fourth-order valence-electron chi connectivity index (χ4n) is 3.46. The summed E-state index contributed by atoms with van der Waals surface area (Å²) < 4.78 is 10.5. The van der Waals surface area contributed by atoms with Crippen molar-refractivity contribution in [3.8, 4) is 0 Å². The Balaban J connectivity index is 1.75. The molecule has 0 aromatic carbocycles. The second kappa shape index (κ2) is 8.48. The molecule has 0 radical (unpaired) electrons. The van der Waals surface area contributed by atoms with Crippen LogP contribution in [0.5, 0.6) is 0 Å². The predicted octanol–water partition coefficient (Wildman–Crippen LogP) is 1.39. The lowest BCUT2D eigenvalue weighted by Gasteiger charge is -2.29. The van der Waals surface area contributed by atoms with E-state index in [1.165, 1.54) is 0 Å². The van der Waals surface area contributed by atoms with Gasteiger partial charge >= 0.3 is 5.97 Å². The molecule has 6 heteroatoms. The number of carboxylic acid groups (broad SMARTS) is 1. The van der Waals surface area contributed by atoms with Crippen molar-refractivity contribution in [1.29, 1.82) is 0 Å². The van der Waals surface area contributed by atoms with E-state index in [0.717, 1.165) is 32.4 Å². The number of carbonyl (C=O) groups is 2. The number of amides is 1. The van der Waals surface area contributed by atoms with Gasteiger partial charge in [0.25, 0.3) is 0 Å². The Hall–Kier alpha value is -1.14. The number of nitrogens with zero attached hydrogens (tertiary/aromatic N) is 1. The maximum Gasteiger partial charge on any atom is 0.306 e. The van der Waals surface area contributed by atoms with Crippen LogP contribution in [-0.2, 0) is 19.1 Å². The van der Waals surface area contributed by atoms with Crippen molar-refractivity contribution in [2.75, 3.05) is 40.0 Å². The SMILES string of the molecule is COCCOCC1CCN(C(=O)C2CCCC(C(=O)O)C2)C1. The molecule has 1 amide bonds. The van der Waals surface area contributed by atoms with Crippen molar-refractivity contribution in [2.24, 2.45) is 17.8 Å². The van der Waals surface area contributed by atoms with Crippen molar-refractivity contribution in [3.63, 3.8) is 0 Å². The zero-order valence-electron chi connectivity index (χ0n) is 13.3. The van der Waals surface area contributed by atoms with E-state index < -0.39 is 5.97 Å². The minimum Gasteiger partial charge on any atom is -0.481 e. The summed E-state index contributed by atoms with van der Waals surface area (Å²) >= 11 is 0. The summed E-state index contributed by atoms with van der Waals surface area (Å²) in [7, 11) is 1.65. The molecule has 1 N–H and O–H groups in total. The highest BCUT2D eigenvalue weighted by molar-refractivity contribution is 5.80. The highest BCUT2D eigenvalue weighted by atomic mass is 16.5. The third-order valence-electron chi connectivity index (χ3n) is 4.76. The quantitative estimate of drug-likeness (QED) is 0.719. The van der Waals surface area contributed by atoms with Gasteiger partial charge in [0.05, 0.1) is 25.7 Å². The van der Waals surface area contributed by atoms with E-state index in [1.54, 1.807) is 7.11 Å². The van der Waals surface area contributed by atoms with Gasteiger partial charge in [0.1, 0.15) is 0 Å². The van der Waals surface area contributed by atoms with Gasteiger partial charge in [-0.3, -0.25) is 9.59 Å². The van der Waals surface area contributed by atoms with Gasteiger partial charge in [0.15, 0.2) is 0 Å². The normalized spacial score (nSPS) is 28.8. The van der Waals surface area contributed by atoms with Gasteiger partial charge in [0, 0.05) is 32.0 Å². The molecule has 22 heavy (non-hydrogen) atoms. The summed E-state index contributed by atoms with van der Waals surface area (Å²) in [6, 6.07) is 0. The summed E-state index contributed by atoms with van der Waals surface area (Å²) in [6.45, 7) is 3.35. The van der Waals surface area contributed by atoms with Crippen molar-refractivity contribution in [3.05, 3.63) is 0 Å². The summed E-state index contributed by atoms with van der Waals surface area (Å²) in [5.41, 5.74) is 0. The number of methoxy groups -OCH3 is 1. The Morgan fingerprint density at radius 3 is 2.68 bits per heavy atom. The molecule has 3 unspecified atom stereocenters. The molecule has 2 aliphatic rings. The molecular weight excluding hydrogens is 286 g/mol. The summed E-state index contributed by atoms with van der Waals surface area (Å²) in [5.74, 6) is -0.685. The number of likely N-dealkylation sites (tertiary alicyclic amines) is 1. The first-order valence-corrected chi connectivity index (χ1v) is 8.20. The Bertz CT molecular complexity index is 387. The van der Waals surface area contributed by atoms with Crippen molar-refractivity contribution in [1.82, 2.24) is 4.90 Å². The van der Waals surface area contributed by atoms with E-state index in [1.807, 2.05) is 4.90 Å². The highest BCUT2D eigenvalue weighted by Gasteiger charge is 2.35. The number of carbonyl (C=O) groups excluding carboxylic acids is 1. The second-order valence-corrected chi connectivity index (χ2v) is 6.41. The molecule has 0 aromatic rings. The largest absolute Gasteiger partial charge is 0.481 e. The summed E-state index contributed by atoms with van der Waals surface area (Å²) in [5, 5.41) is 9.13. The van der Waals surface area contributed by atoms with E-state index in [9.17, 15) is 9.59 Å². The van der Waals surface area contributed by atoms with Crippen LogP contribution in [0.3, 0.4) is 0 Å². The summed E-state index contributed by atoms with van der Waals surface area (Å²) in [4.78, 5) is 25.6. The van der Waals surface area contributed by atoms with E-state index in [-0.39, 0.29) is 17.7 Å². The van der Waals surface area contributed by atoms with Gasteiger partial charge in [-0.25, -0.2) is 0 Å². The van der Waals surface area contributed by atoms with Crippen LogP contribution in [0.4, 0.5) is 0 Å². The van der Waals surface area contributed by atoms with E-state index in [4.69, 9.17) is 14.6 Å². The molecule has 3 atom stereocenters. The molecule has 1 aliphatic carbocycles. The molecule has 126 valence electrons. The molecule has 1 aliphatic heterocycles. The number of aliphatic carboxylic acids is 1. The summed E-state index contributed by atoms with van der Waals surface area (Å²) in [6.07, 6.45) is 3.83. The lowest BCUT2D eigenvalue weighted by Crippen LogP contribution is -2.38. The van der Waals surface area contributed by atoms with E-state index >= 15 is 0 Å². The van der Waals surface area contributed by atoms with Gasteiger partial charge in [-0.15, -0.1) is 0 Å². The zero-order valence-corrected chi connectivity index (χ0v) is 13.3. The van der Waals surface area contributed by atoms with Crippen LogP contribution in [0.1, 0.15) is 32.1 Å². The second-order valence-electron chi connectivity index (χ2n) is 6.41.